The van der Waals surface area contributed by atoms with Crippen molar-refractivity contribution in [3.05, 3.63) is 0 Å². The Balaban J connectivity index is 2.00. The van der Waals surface area contributed by atoms with Gasteiger partial charge in [0.25, 0.3) is 0 Å². The summed E-state index contributed by atoms with van der Waals surface area (Å²) in [6, 6.07) is 0. The standard InChI is InChI=1S/C12H22/c1-4-5-10-6-11-7-12(10)9(3)8(11)2/h8-12H,4-7H2,1-3H3. The van der Waals surface area contributed by atoms with Crippen LogP contribution in [0.4, 0.5) is 0 Å². The van der Waals surface area contributed by atoms with Gasteiger partial charge in [0.15, 0.2) is 0 Å². The van der Waals surface area contributed by atoms with Gasteiger partial charge in [-0.05, 0) is 42.4 Å². The molecule has 12 heavy (non-hydrogen) atoms. The molecule has 2 saturated carbocycles. The molecule has 0 heteroatoms. The van der Waals surface area contributed by atoms with Crippen molar-refractivity contribution in [2.24, 2.45) is 29.6 Å². The largest absolute Gasteiger partial charge is 0.0654 e. The van der Waals surface area contributed by atoms with Crippen LogP contribution < -0.4 is 0 Å². The first-order valence-electron chi connectivity index (χ1n) is 5.74. The molecule has 0 amide bonds. The van der Waals surface area contributed by atoms with E-state index in [2.05, 4.69) is 20.8 Å². The normalized spacial score (nSPS) is 51.8. The molecule has 0 aromatic heterocycles. The summed E-state index contributed by atoms with van der Waals surface area (Å²) in [6.07, 6.45) is 6.02. The zero-order valence-electron chi connectivity index (χ0n) is 8.72. The third-order valence-electron chi connectivity index (χ3n) is 4.69. The van der Waals surface area contributed by atoms with Crippen LogP contribution in [0.1, 0.15) is 46.5 Å². The van der Waals surface area contributed by atoms with Gasteiger partial charge in [-0.2, -0.15) is 0 Å². The number of hydrogen-bond acceptors (Lipinski definition) is 0. The lowest BCUT2D eigenvalue weighted by Crippen LogP contribution is -2.24. The molecule has 0 aromatic carbocycles. The Labute approximate surface area is 76.7 Å². The third kappa shape index (κ3) is 1.11. The van der Waals surface area contributed by atoms with Crippen LogP contribution in [-0.4, -0.2) is 0 Å². The molecule has 0 aliphatic heterocycles. The van der Waals surface area contributed by atoms with E-state index in [4.69, 9.17) is 0 Å². The van der Waals surface area contributed by atoms with Crippen molar-refractivity contribution in [3.8, 4) is 0 Å². The Hall–Kier alpha value is 0. The van der Waals surface area contributed by atoms with E-state index in [0.717, 1.165) is 29.6 Å². The van der Waals surface area contributed by atoms with E-state index >= 15 is 0 Å². The molecule has 0 saturated heterocycles. The van der Waals surface area contributed by atoms with Crippen molar-refractivity contribution in [1.82, 2.24) is 0 Å². The lowest BCUT2D eigenvalue weighted by Gasteiger charge is -2.31. The molecule has 0 aromatic rings. The molecule has 0 heterocycles. The van der Waals surface area contributed by atoms with Crippen LogP contribution in [0, 0.1) is 29.6 Å². The minimum Gasteiger partial charge on any atom is -0.0654 e. The average molecular weight is 166 g/mol. The van der Waals surface area contributed by atoms with E-state index < -0.39 is 0 Å². The van der Waals surface area contributed by atoms with Crippen LogP contribution in [0.3, 0.4) is 0 Å². The van der Waals surface area contributed by atoms with Gasteiger partial charge in [-0.1, -0.05) is 33.6 Å². The molecular weight excluding hydrogens is 144 g/mol. The zero-order valence-corrected chi connectivity index (χ0v) is 8.72. The van der Waals surface area contributed by atoms with E-state index in [0.29, 0.717) is 0 Å². The van der Waals surface area contributed by atoms with Crippen molar-refractivity contribution in [2.45, 2.75) is 46.5 Å². The van der Waals surface area contributed by atoms with Gasteiger partial charge >= 0.3 is 0 Å². The quantitative estimate of drug-likeness (QED) is 0.586. The van der Waals surface area contributed by atoms with Crippen molar-refractivity contribution >= 4 is 0 Å². The first kappa shape index (κ1) is 8.59. The lowest BCUT2D eigenvalue weighted by atomic mass is 9.74. The van der Waals surface area contributed by atoms with Gasteiger partial charge in [0.2, 0.25) is 0 Å². The summed E-state index contributed by atoms with van der Waals surface area (Å²) in [5.41, 5.74) is 0. The highest BCUT2D eigenvalue weighted by Gasteiger charge is 2.47. The molecule has 5 unspecified atom stereocenters. The smallest absolute Gasteiger partial charge is 0.0355 e. The molecule has 2 bridgehead atoms. The van der Waals surface area contributed by atoms with Gasteiger partial charge in [0, 0.05) is 0 Å². The summed E-state index contributed by atoms with van der Waals surface area (Å²) in [5, 5.41) is 0. The Morgan fingerprint density at radius 3 is 2.33 bits per heavy atom. The Morgan fingerprint density at radius 2 is 1.83 bits per heavy atom. The topological polar surface area (TPSA) is 0 Å². The van der Waals surface area contributed by atoms with Gasteiger partial charge in [-0.15, -0.1) is 0 Å². The van der Waals surface area contributed by atoms with Crippen LogP contribution >= 0.6 is 0 Å². The van der Waals surface area contributed by atoms with E-state index in [-0.39, 0.29) is 0 Å². The Morgan fingerprint density at radius 1 is 1.08 bits per heavy atom. The monoisotopic (exact) mass is 166 g/mol. The predicted molar refractivity (Wildman–Crippen MR) is 52.9 cm³/mol. The molecule has 70 valence electrons. The van der Waals surface area contributed by atoms with Crippen LogP contribution in [0.5, 0.6) is 0 Å². The maximum atomic E-state index is 2.48. The summed E-state index contributed by atoms with van der Waals surface area (Å²) in [6.45, 7) is 7.29. The first-order valence-corrected chi connectivity index (χ1v) is 5.74. The highest BCUT2D eigenvalue weighted by Crippen LogP contribution is 2.55. The summed E-state index contributed by atoms with van der Waals surface area (Å²) < 4.78 is 0. The van der Waals surface area contributed by atoms with Gasteiger partial charge < -0.3 is 0 Å². The van der Waals surface area contributed by atoms with Crippen molar-refractivity contribution in [2.75, 3.05) is 0 Å². The fourth-order valence-corrected chi connectivity index (χ4v) is 3.80. The molecule has 0 radical (unpaired) electrons. The highest BCUT2D eigenvalue weighted by atomic mass is 14.5. The molecule has 0 nitrogen and oxygen atoms in total. The molecule has 2 aliphatic carbocycles. The molecule has 2 aliphatic rings. The molecule has 2 rings (SSSR count). The van der Waals surface area contributed by atoms with Crippen molar-refractivity contribution in [1.29, 1.82) is 0 Å². The van der Waals surface area contributed by atoms with E-state index in [9.17, 15) is 0 Å². The molecule has 0 spiro atoms. The molecule has 0 N–H and O–H groups in total. The third-order valence-corrected chi connectivity index (χ3v) is 4.69. The van der Waals surface area contributed by atoms with Gasteiger partial charge in [-0.25, -0.2) is 0 Å². The maximum Gasteiger partial charge on any atom is -0.0355 e. The van der Waals surface area contributed by atoms with Crippen molar-refractivity contribution in [3.63, 3.8) is 0 Å². The summed E-state index contributed by atoms with van der Waals surface area (Å²) in [5.74, 6) is 5.36. The Bertz CT molecular complexity index is 159. The lowest BCUT2D eigenvalue weighted by molar-refractivity contribution is 0.181. The minimum absolute atomic E-state index is 1.03. The number of rotatable bonds is 2. The van der Waals surface area contributed by atoms with E-state index in [1.807, 2.05) is 0 Å². The zero-order chi connectivity index (χ0) is 8.72. The summed E-state index contributed by atoms with van der Waals surface area (Å²) in [4.78, 5) is 0. The summed E-state index contributed by atoms with van der Waals surface area (Å²) >= 11 is 0. The fourth-order valence-electron chi connectivity index (χ4n) is 3.80. The molecule has 2 fully saturated rings. The van der Waals surface area contributed by atoms with Gasteiger partial charge in [0.1, 0.15) is 0 Å². The Kier molecular flexibility index (Phi) is 2.18. The van der Waals surface area contributed by atoms with Crippen LogP contribution in [0.15, 0.2) is 0 Å². The van der Waals surface area contributed by atoms with Crippen LogP contribution in [0.25, 0.3) is 0 Å². The maximum absolute atomic E-state index is 2.48. The second kappa shape index (κ2) is 3.05. The van der Waals surface area contributed by atoms with Crippen LogP contribution in [-0.2, 0) is 0 Å². The second-order valence-electron chi connectivity index (χ2n) is 5.16. The minimum atomic E-state index is 1.03. The molecule has 5 atom stereocenters. The van der Waals surface area contributed by atoms with Gasteiger partial charge in [-0.3, -0.25) is 0 Å². The highest BCUT2D eigenvalue weighted by molar-refractivity contribution is 4.97. The summed E-state index contributed by atoms with van der Waals surface area (Å²) in [7, 11) is 0. The predicted octanol–water partition coefficient (Wildman–Crippen LogP) is 3.71. The van der Waals surface area contributed by atoms with Crippen LogP contribution in [0.2, 0.25) is 0 Å². The van der Waals surface area contributed by atoms with E-state index in [1.165, 1.54) is 12.8 Å². The number of hydrogen-bond donors (Lipinski definition) is 0. The first-order chi connectivity index (χ1) is 5.74. The van der Waals surface area contributed by atoms with E-state index in [1.54, 1.807) is 12.8 Å². The van der Waals surface area contributed by atoms with Gasteiger partial charge in [0.05, 0.1) is 0 Å². The van der Waals surface area contributed by atoms with Crippen molar-refractivity contribution < 1.29 is 0 Å². The fraction of sp³-hybridized carbons (Fsp3) is 1.00. The molecular formula is C12H22. The number of fused-ring (bicyclic) bond motifs is 2. The second-order valence-corrected chi connectivity index (χ2v) is 5.16. The SMILES string of the molecule is CCCC1CC2CC1C(C)C2C. The average Bonchev–Trinajstić information content (AvgIpc) is 2.55.